The zero-order valence-electron chi connectivity index (χ0n) is 74.0. The highest BCUT2D eigenvalue weighted by Crippen LogP contribution is 2.49. The van der Waals surface area contributed by atoms with E-state index in [1.54, 1.807) is 0 Å². The summed E-state index contributed by atoms with van der Waals surface area (Å²) in [6, 6.07) is 0. The summed E-state index contributed by atoms with van der Waals surface area (Å²) in [4.78, 5) is 66.5. The lowest BCUT2D eigenvalue weighted by Gasteiger charge is -2.50. The summed E-state index contributed by atoms with van der Waals surface area (Å²) < 4.78 is 73.5. The fourth-order valence-electron chi connectivity index (χ4n) is 15.9. The third-order valence-corrected chi connectivity index (χ3v) is 24.5. The minimum atomic E-state index is -5.80. The second-order valence-corrected chi connectivity index (χ2v) is 35.6. The Labute approximate surface area is 712 Å². The number of phosphoric ester groups is 1. The normalized spacial score (nSPS) is 24.9. The number of carbonyl (C=O) groups excluding carboxylic acids is 4. The molecule has 0 aromatic carbocycles. The molecule has 0 aromatic heterocycles. The Balaban J connectivity index is 1.90. The number of carbonyl (C=O) groups is 4. The van der Waals surface area contributed by atoms with E-state index in [0.717, 1.165) is 141 Å². The summed E-state index contributed by atoms with van der Waals surface area (Å²) in [5.74, 6) is -2.95. The van der Waals surface area contributed by atoms with Crippen LogP contribution in [0.25, 0.3) is 0 Å². The number of hydrogen-bond donors (Lipinski definition) is 10. The summed E-state index contributed by atoms with van der Waals surface area (Å²) in [6.07, 6.45) is 30.5. The van der Waals surface area contributed by atoms with Crippen molar-refractivity contribution in [3.05, 3.63) is 12.2 Å². The smallest absolute Gasteiger partial charge is 0.463 e. The summed E-state index contributed by atoms with van der Waals surface area (Å²) in [5, 5.41) is 102. The van der Waals surface area contributed by atoms with Crippen LogP contribution in [0.4, 0.5) is 0 Å². The van der Waals surface area contributed by atoms with E-state index in [0.29, 0.717) is 38.5 Å². The lowest BCUT2D eigenvalue weighted by Crippen LogP contribution is -2.70. The van der Waals surface area contributed by atoms with Gasteiger partial charge in [0.05, 0.1) is 13.2 Å². The Bertz CT molecular complexity index is 2500. The zero-order valence-corrected chi connectivity index (χ0v) is 74.9. The minimum Gasteiger partial charge on any atom is -0.463 e. The Morgan fingerprint density at radius 1 is 0.331 bits per heavy atom. The number of ether oxygens (including phenoxy) is 8. The number of rotatable bonds is 78. The highest BCUT2D eigenvalue weighted by molar-refractivity contribution is 7.47. The molecule has 3 rings (SSSR count). The first kappa shape index (κ1) is 109. The van der Waals surface area contributed by atoms with E-state index in [4.69, 9.17) is 46.9 Å². The lowest BCUT2D eigenvalue weighted by atomic mass is 9.84. The van der Waals surface area contributed by atoms with E-state index in [9.17, 15) is 74.6 Å². The van der Waals surface area contributed by atoms with Crippen LogP contribution >= 0.6 is 7.82 Å². The van der Waals surface area contributed by atoms with Crippen molar-refractivity contribution in [2.75, 3.05) is 26.4 Å². The Hall–Kier alpha value is -2.79. The number of allylic oxidation sites excluding steroid dienone is 2. The minimum absolute atomic E-state index is 0.0191. The number of esters is 4. The molecule has 10 N–H and O–H groups in total. The number of hydrogen-bond acceptors (Lipinski definition) is 24. The van der Waals surface area contributed by atoms with Crippen molar-refractivity contribution in [1.29, 1.82) is 0 Å². The van der Waals surface area contributed by atoms with Gasteiger partial charge in [-0.2, -0.15) is 0 Å². The van der Waals surface area contributed by atoms with Crippen molar-refractivity contribution in [2.24, 2.45) is 0 Å². The van der Waals surface area contributed by atoms with E-state index in [-0.39, 0.29) is 25.7 Å². The number of unbranched alkanes of at least 4 members (excludes halogenated alkanes) is 52. The molecule has 18 unspecified atom stereocenters. The Morgan fingerprint density at radius 2 is 0.636 bits per heavy atom. The largest absolute Gasteiger partial charge is 0.472 e. The number of aliphatic hydroxyl groups is 9. The van der Waals surface area contributed by atoms with Crippen molar-refractivity contribution in [1.82, 2.24) is 0 Å². The first-order valence-electron chi connectivity index (χ1n) is 47.9. The Kier molecular flexibility index (Phi) is 66.2. The molecule has 0 bridgehead atoms. The van der Waals surface area contributed by atoms with Gasteiger partial charge >= 0.3 is 31.7 Å². The molecule has 2 saturated heterocycles. The van der Waals surface area contributed by atoms with Gasteiger partial charge in [0.2, 0.25) is 0 Å². The van der Waals surface area contributed by atoms with Crippen molar-refractivity contribution in [3.8, 4) is 0 Å². The molecule has 3 fully saturated rings. The molecule has 0 aromatic rings. The number of aliphatic hydroxyl groups excluding tert-OH is 9. The van der Waals surface area contributed by atoms with Crippen molar-refractivity contribution < 1.29 is 122 Å². The lowest BCUT2D eigenvalue weighted by molar-refractivity contribution is -0.360. The number of phosphoric acid groups is 1. The fraction of sp³-hybridized carbons (Fsp3) is 0.935. The summed E-state index contributed by atoms with van der Waals surface area (Å²) >= 11 is 0. The standard InChI is InChI=1S/C92H171O25P/c1-5-9-13-17-21-25-29-33-36-39-42-45-49-53-57-61-65-76(95)109-71-74-80(99)82(101)86(105)92(113-74)116-89-87(114-78(97)67-63-59-55-51-46-40-32-28-24-20-16-12-8-4)83(102)84(103)88(115-91-85(104)81(100)79(98)73(68-93)112-91)90(89)117-118(106,107)110-70-72(111-77(96)66-62-58-54-50-47-43-38-35-31-27-23-19-15-11-7-3)69-108-75(94)64-60-56-52-48-44-41-37-34-30-26-22-18-14-10-6-2/h27,31,72-74,79-93,98-105H,5-26,28-30,32-71H2,1-4H3,(H,106,107)/b31-27-. The van der Waals surface area contributed by atoms with E-state index in [1.165, 1.54) is 186 Å². The van der Waals surface area contributed by atoms with Gasteiger partial charge in [0.15, 0.2) is 24.8 Å². The van der Waals surface area contributed by atoms with Crippen LogP contribution in [-0.4, -0.2) is 205 Å². The second kappa shape index (κ2) is 71.4. The fourth-order valence-corrected chi connectivity index (χ4v) is 16.9. The molecule has 3 aliphatic rings. The third-order valence-electron chi connectivity index (χ3n) is 23.5. The molecule has 26 heteroatoms. The maximum absolute atomic E-state index is 14.9. The van der Waals surface area contributed by atoms with Crippen LogP contribution in [0.15, 0.2) is 12.2 Å². The molecular weight excluding hydrogens is 1540 g/mol. The second-order valence-electron chi connectivity index (χ2n) is 34.2. The van der Waals surface area contributed by atoms with Gasteiger partial charge in [-0.3, -0.25) is 28.2 Å². The molecule has 694 valence electrons. The predicted octanol–water partition coefficient (Wildman–Crippen LogP) is 17.9. The third kappa shape index (κ3) is 51.0. The van der Waals surface area contributed by atoms with Gasteiger partial charge in [-0.15, -0.1) is 0 Å². The van der Waals surface area contributed by atoms with Crippen LogP contribution < -0.4 is 0 Å². The molecule has 2 heterocycles. The quantitative estimate of drug-likeness (QED) is 0.00889. The first-order chi connectivity index (χ1) is 57.2. The zero-order chi connectivity index (χ0) is 86.1. The monoisotopic (exact) mass is 1710 g/mol. The van der Waals surface area contributed by atoms with E-state index >= 15 is 0 Å². The van der Waals surface area contributed by atoms with Gasteiger partial charge in [-0.25, -0.2) is 4.57 Å². The van der Waals surface area contributed by atoms with E-state index in [2.05, 4.69) is 39.8 Å². The summed E-state index contributed by atoms with van der Waals surface area (Å²) in [5.41, 5.74) is 0. The first-order valence-corrected chi connectivity index (χ1v) is 49.4. The molecule has 1 aliphatic carbocycles. The van der Waals surface area contributed by atoms with Crippen molar-refractivity contribution in [3.63, 3.8) is 0 Å². The molecule has 0 amide bonds. The molecule has 0 radical (unpaired) electrons. The van der Waals surface area contributed by atoms with Gasteiger partial charge in [0.1, 0.15) is 92.6 Å². The van der Waals surface area contributed by atoms with Crippen LogP contribution in [0.5, 0.6) is 0 Å². The maximum atomic E-state index is 14.9. The van der Waals surface area contributed by atoms with Gasteiger partial charge < -0.3 is 88.7 Å². The van der Waals surface area contributed by atoms with Gasteiger partial charge in [-0.1, -0.05) is 354 Å². The van der Waals surface area contributed by atoms with Gasteiger partial charge in [0, 0.05) is 25.7 Å². The molecular formula is C92H171O25P. The molecule has 118 heavy (non-hydrogen) atoms. The average molecular weight is 1710 g/mol. The molecule has 0 spiro atoms. The highest BCUT2D eigenvalue weighted by Gasteiger charge is 2.60. The van der Waals surface area contributed by atoms with Crippen molar-refractivity contribution in [2.45, 2.75) is 524 Å². The summed E-state index contributed by atoms with van der Waals surface area (Å²) in [7, 11) is -5.80. The molecule has 1 saturated carbocycles. The van der Waals surface area contributed by atoms with Crippen molar-refractivity contribution >= 4 is 31.7 Å². The van der Waals surface area contributed by atoms with E-state index in [1.807, 2.05) is 0 Å². The SMILES string of the molecule is CCCCCC/C=C\CCCCCCCCCC(=O)OC(COC(=O)CCCCCCCCCCCCCCCCC)COP(=O)(O)OC1C(OC2OC(CO)C(O)C(O)C2O)C(O)C(O)C(OC(=O)CCCCCCCCCCCCCCC)C1OC1OC(COC(=O)CCCCCCCCCCCCCCCCCC)C(O)C(O)C1O. The summed E-state index contributed by atoms with van der Waals surface area (Å²) in [6.45, 7) is 5.61. The molecule has 2 aliphatic heterocycles. The Morgan fingerprint density at radius 3 is 1.02 bits per heavy atom. The predicted molar refractivity (Wildman–Crippen MR) is 458 cm³/mol. The van der Waals surface area contributed by atoms with Crippen LogP contribution in [0.3, 0.4) is 0 Å². The van der Waals surface area contributed by atoms with Gasteiger partial charge in [0.25, 0.3) is 0 Å². The van der Waals surface area contributed by atoms with Crippen LogP contribution in [0.2, 0.25) is 0 Å². The molecule has 25 nitrogen and oxygen atoms in total. The highest BCUT2D eigenvalue weighted by atomic mass is 31.2. The van der Waals surface area contributed by atoms with Crippen LogP contribution in [0.1, 0.15) is 419 Å². The average Bonchev–Trinajstić information content (AvgIpc) is 0.755. The maximum Gasteiger partial charge on any atom is 0.472 e. The van der Waals surface area contributed by atoms with E-state index < -0.39 is 162 Å². The van der Waals surface area contributed by atoms with Gasteiger partial charge in [-0.05, 0) is 51.4 Å². The topological polar surface area (TPSA) is 380 Å². The molecule has 18 atom stereocenters. The van der Waals surface area contributed by atoms with Crippen LogP contribution in [-0.2, 0) is 70.7 Å². The van der Waals surface area contributed by atoms with Crippen LogP contribution in [0, 0.1) is 0 Å².